The molecular weight excluding hydrogens is 284 g/mol. The molecule has 1 saturated heterocycles. The summed E-state index contributed by atoms with van der Waals surface area (Å²) >= 11 is 0. The highest BCUT2D eigenvalue weighted by Crippen LogP contribution is 2.41. The van der Waals surface area contributed by atoms with Gasteiger partial charge < -0.3 is 24.6 Å². The number of aliphatic hydroxyl groups excluding tert-OH is 3. The van der Waals surface area contributed by atoms with Crippen LogP contribution in [0.25, 0.3) is 11.0 Å². The summed E-state index contributed by atoms with van der Waals surface area (Å²) in [6.45, 7) is 1.99. The average molecular weight is 304 g/mol. The highest BCUT2D eigenvalue weighted by atomic mass is 16.6. The van der Waals surface area contributed by atoms with Crippen molar-refractivity contribution >= 4 is 11.0 Å². The van der Waals surface area contributed by atoms with Gasteiger partial charge in [0.15, 0.2) is 6.23 Å². The van der Waals surface area contributed by atoms with Crippen LogP contribution in [0.1, 0.15) is 24.6 Å². The zero-order valence-electron chi connectivity index (χ0n) is 12.3. The van der Waals surface area contributed by atoms with Crippen LogP contribution in [0.3, 0.4) is 0 Å². The maximum absolute atomic E-state index is 10.3. The number of nitrogens with zero attached hydrogens (tertiary/aromatic N) is 2. The lowest BCUT2D eigenvalue weighted by Gasteiger charge is -2.20. The number of hydrogen-bond donors (Lipinski definition) is 3. The Kier molecular flexibility index (Phi) is 3.23. The molecule has 1 aliphatic carbocycles. The van der Waals surface area contributed by atoms with Gasteiger partial charge in [-0.1, -0.05) is 0 Å². The van der Waals surface area contributed by atoms with E-state index in [1.165, 1.54) is 0 Å². The maximum Gasteiger partial charge on any atom is 0.164 e. The number of aliphatic hydroxyl groups is 3. The van der Waals surface area contributed by atoms with Crippen LogP contribution in [-0.4, -0.2) is 49.3 Å². The van der Waals surface area contributed by atoms with Gasteiger partial charge in [-0.3, -0.25) is 0 Å². The fraction of sp³-hybridized carbons (Fsp3) is 0.562. The Morgan fingerprint density at radius 2 is 2.05 bits per heavy atom. The molecule has 1 saturated carbocycles. The van der Waals surface area contributed by atoms with Gasteiger partial charge in [-0.05, 0) is 43.4 Å². The predicted molar refractivity (Wildman–Crippen MR) is 79.1 cm³/mol. The number of fused-ring (bicyclic) bond motifs is 1. The molecule has 3 N–H and O–H groups in total. The minimum atomic E-state index is -1.09. The standard InChI is InChI=1S/C16H20N2O4/c1-8-4-6-17-15-10(8)5-7-18(15)16-13(21)12(20)14(22-16)11(19)9-2-3-9/h4-7,9,11-14,16,19-21H,2-3H2,1H3/t11-,12-,13+,14+,16+/m0/s1. The highest BCUT2D eigenvalue weighted by molar-refractivity contribution is 5.79. The zero-order chi connectivity index (χ0) is 15.4. The average Bonchev–Trinajstić information content (AvgIpc) is 3.21. The molecule has 4 rings (SSSR count). The van der Waals surface area contributed by atoms with Crippen molar-refractivity contribution in [3.05, 3.63) is 30.1 Å². The summed E-state index contributed by atoms with van der Waals surface area (Å²) in [6, 6.07) is 3.85. The molecule has 3 heterocycles. The minimum Gasteiger partial charge on any atom is -0.390 e. The van der Waals surface area contributed by atoms with Gasteiger partial charge in [0, 0.05) is 17.8 Å². The first-order valence-corrected chi connectivity index (χ1v) is 7.69. The highest BCUT2D eigenvalue weighted by Gasteiger charge is 2.50. The molecule has 1 aliphatic heterocycles. The van der Waals surface area contributed by atoms with Crippen LogP contribution in [-0.2, 0) is 4.74 Å². The van der Waals surface area contributed by atoms with Gasteiger partial charge in [-0.15, -0.1) is 0 Å². The molecule has 0 unspecified atom stereocenters. The van der Waals surface area contributed by atoms with Gasteiger partial charge >= 0.3 is 0 Å². The largest absolute Gasteiger partial charge is 0.390 e. The summed E-state index contributed by atoms with van der Waals surface area (Å²) in [5.41, 5.74) is 1.80. The first-order valence-electron chi connectivity index (χ1n) is 7.69. The van der Waals surface area contributed by atoms with Crippen molar-refractivity contribution in [3.8, 4) is 0 Å². The number of aromatic nitrogens is 2. The van der Waals surface area contributed by atoms with Crippen molar-refractivity contribution in [1.29, 1.82) is 0 Å². The van der Waals surface area contributed by atoms with Crippen molar-refractivity contribution < 1.29 is 20.1 Å². The molecule has 0 spiro atoms. The molecule has 22 heavy (non-hydrogen) atoms. The van der Waals surface area contributed by atoms with Crippen molar-refractivity contribution in [3.63, 3.8) is 0 Å². The minimum absolute atomic E-state index is 0.173. The summed E-state index contributed by atoms with van der Waals surface area (Å²) in [6.07, 6.45) is 1.00. The number of pyridine rings is 1. The van der Waals surface area contributed by atoms with Gasteiger partial charge in [0.2, 0.25) is 0 Å². The van der Waals surface area contributed by atoms with E-state index in [2.05, 4.69) is 4.98 Å². The Morgan fingerprint density at radius 1 is 1.27 bits per heavy atom. The Balaban J connectivity index is 1.68. The third-order valence-corrected chi connectivity index (χ3v) is 4.82. The second-order valence-corrected chi connectivity index (χ2v) is 6.39. The van der Waals surface area contributed by atoms with Gasteiger partial charge in [0.25, 0.3) is 0 Å². The third-order valence-electron chi connectivity index (χ3n) is 4.82. The lowest BCUT2D eigenvalue weighted by molar-refractivity contribution is -0.0895. The molecular formula is C16H20N2O4. The maximum atomic E-state index is 10.3. The fourth-order valence-corrected chi connectivity index (χ4v) is 3.30. The summed E-state index contributed by atoms with van der Waals surface area (Å²) in [5.74, 6) is 0.173. The molecule has 5 atom stereocenters. The summed E-state index contributed by atoms with van der Waals surface area (Å²) < 4.78 is 7.55. The molecule has 6 heteroatoms. The van der Waals surface area contributed by atoms with Crippen LogP contribution in [0.5, 0.6) is 0 Å². The van der Waals surface area contributed by atoms with E-state index in [0.29, 0.717) is 5.65 Å². The number of rotatable bonds is 3. The zero-order valence-corrected chi connectivity index (χ0v) is 12.3. The number of ether oxygens (including phenoxy) is 1. The van der Waals surface area contributed by atoms with Crippen LogP contribution < -0.4 is 0 Å². The normalized spacial score (nSPS) is 33.5. The molecule has 2 aromatic heterocycles. The quantitative estimate of drug-likeness (QED) is 0.778. The molecule has 0 aromatic carbocycles. The summed E-state index contributed by atoms with van der Waals surface area (Å²) in [5, 5.41) is 31.8. The molecule has 0 amide bonds. The van der Waals surface area contributed by atoms with Gasteiger partial charge in [-0.25, -0.2) is 4.98 Å². The molecule has 2 aliphatic rings. The Bertz CT molecular complexity index is 697. The lowest BCUT2D eigenvalue weighted by Crippen LogP contribution is -2.39. The Labute approximate surface area is 128 Å². The van der Waals surface area contributed by atoms with Crippen LogP contribution in [0.4, 0.5) is 0 Å². The lowest BCUT2D eigenvalue weighted by atomic mass is 10.0. The van der Waals surface area contributed by atoms with Gasteiger partial charge in [0.1, 0.15) is 24.0 Å². The van der Waals surface area contributed by atoms with E-state index in [-0.39, 0.29) is 5.92 Å². The molecule has 6 nitrogen and oxygen atoms in total. The van der Waals surface area contributed by atoms with Crippen molar-refractivity contribution in [1.82, 2.24) is 9.55 Å². The van der Waals surface area contributed by atoms with Crippen LogP contribution >= 0.6 is 0 Å². The molecule has 2 aromatic rings. The van der Waals surface area contributed by atoms with E-state index in [0.717, 1.165) is 23.8 Å². The van der Waals surface area contributed by atoms with Crippen molar-refractivity contribution in [2.75, 3.05) is 0 Å². The SMILES string of the molecule is Cc1ccnc2c1ccn2[C@@H]1O[C@H]([C@@H](O)C2CC2)[C@@H](O)[C@H]1O. The molecule has 0 bridgehead atoms. The smallest absolute Gasteiger partial charge is 0.164 e. The van der Waals surface area contributed by atoms with Crippen molar-refractivity contribution in [2.45, 2.75) is 50.4 Å². The van der Waals surface area contributed by atoms with Gasteiger partial charge in [-0.2, -0.15) is 0 Å². The first-order chi connectivity index (χ1) is 10.6. The van der Waals surface area contributed by atoms with Gasteiger partial charge in [0.05, 0.1) is 6.10 Å². The van der Waals surface area contributed by atoms with E-state index < -0.39 is 30.6 Å². The monoisotopic (exact) mass is 304 g/mol. The van der Waals surface area contributed by atoms with E-state index in [9.17, 15) is 15.3 Å². The molecule has 118 valence electrons. The predicted octanol–water partition coefficient (Wildman–Crippen LogP) is 0.735. The van der Waals surface area contributed by atoms with Crippen molar-refractivity contribution in [2.24, 2.45) is 5.92 Å². The number of hydrogen-bond acceptors (Lipinski definition) is 5. The second-order valence-electron chi connectivity index (χ2n) is 6.39. The van der Waals surface area contributed by atoms with E-state index in [4.69, 9.17) is 4.74 Å². The fourth-order valence-electron chi connectivity index (χ4n) is 3.30. The van der Waals surface area contributed by atoms with Crippen LogP contribution in [0, 0.1) is 12.8 Å². The first kappa shape index (κ1) is 14.1. The number of aryl methyl sites for hydroxylation is 1. The van der Waals surface area contributed by atoms with Crippen LogP contribution in [0.2, 0.25) is 0 Å². The third kappa shape index (κ3) is 2.06. The molecule has 0 radical (unpaired) electrons. The van der Waals surface area contributed by atoms with E-state index in [1.54, 1.807) is 17.0 Å². The van der Waals surface area contributed by atoms with Crippen LogP contribution in [0.15, 0.2) is 24.5 Å². The summed E-state index contributed by atoms with van der Waals surface area (Å²) in [4.78, 5) is 4.35. The Morgan fingerprint density at radius 3 is 2.77 bits per heavy atom. The summed E-state index contributed by atoms with van der Waals surface area (Å²) in [7, 11) is 0. The molecule has 2 fully saturated rings. The van der Waals surface area contributed by atoms with E-state index >= 15 is 0 Å². The second kappa shape index (κ2) is 5.03. The van der Waals surface area contributed by atoms with E-state index in [1.807, 2.05) is 19.1 Å². The topological polar surface area (TPSA) is 87.7 Å². The Hall–Kier alpha value is -1.47.